The fourth-order valence-electron chi connectivity index (χ4n) is 2.42. The molecule has 1 N–H and O–H groups in total. The Balaban J connectivity index is 2.21. The van der Waals surface area contributed by atoms with Gasteiger partial charge in [-0.1, -0.05) is 0 Å². The summed E-state index contributed by atoms with van der Waals surface area (Å²) in [7, 11) is 1.42. The predicted molar refractivity (Wildman–Crippen MR) is 87.3 cm³/mol. The number of aromatic nitrogens is 1. The first kappa shape index (κ1) is 17.0. The number of aryl methyl sites for hydroxylation is 2. The van der Waals surface area contributed by atoms with E-state index in [1.54, 1.807) is 12.1 Å². The molecule has 0 aliphatic carbocycles. The Morgan fingerprint density at radius 3 is 2.33 bits per heavy atom. The van der Waals surface area contributed by atoms with Crippen LogP contribution in [0.2, 0.25) is 0 Å². The fraction of sp³-hybridized carbons (Fsp3) is 0.222. The SMILES string of the molecule is COc1cc(C#N)cnc1C(=O)NCc1c(C)cc(C#N)cc1C. The van der Waals surface area contributed by atoms with E-state index in [9.17, 15) is 4.79 Å². The molecule has 2 aromatic rings. The Bertz CT molecular complexity index is 853. The van der Waals surface area contributed by atoms with E-state index in [-0.39, 0.29) is 17.4 Å². The maximum absolute atomic E-state index is 12.4. The normalized spacial score (nSPS) is 9.71. The highest BCUT2D eigenvalue weighted by Crippen LogP contribution is 2.19. The molecule has 6 nitrogen and oxygen atoms in total. The summed E-state index contributed by atoms with van der Waals surface area (Å²) >= 11 is 0. The van der Waals surface area contributed by atoms with Crippen LogP contribution in [0.15, 0.2) is 24.4 Å². The van der Waals surface area contributed by atoms with Crippen molar-refractivity contribution in [3.63, 3.8) is 0 Å². The summed E-state index contributed by atoms with van der Waals surface area (Å²) in [4.78, 5) is 16.4. The van der Waals surface area contributed by atoms with Crippen molar-refractivity contribution in [2.45, 2.75) is 20.4 Å². The minimum atomic E-state index is -0.389. The number of rotatable bonds is 4. The number of benzene rings is 1. The minimum Gasteiger partial charge on any atom is -0.494 e. The lowest BCUT2D eigenvalue weighted by Crippen LogP contribution is -2.25. The maximum atomic E-state index is 12.4. The molecule has 2 rings (SSSR count). The van der Waals surface area contributed by atoms with Crippen molar-refractivity contribution in [2.24, 2.45) is 0 Å². The maximum Gasteiger partial charge on any atom is 0.274 e. The lowest BCUT2D eigenvalue weighted by atomic mass is 9.99. The molecule has 1 aromatic carbocycles. The summed E-state index contributed by atoms with van der Waals surface area (Å²) in [6.45, 7) is 4.11. The molecule has 1 amide bonds. The van der Waals surface area contributed by atoms with Crippen LogP contribution in [0.4, 0.5) is 0 Å². The lowest BCUT2D eigenvalue weighted by Gasteiger charge is -2.12. The molecule has 0 fully saturated rings. The Morgan fingerprint density at radius 2 is 1.79 bits per heavy atom. The van der Waals surface area contributed by atoms with Gasteiger partial charge >= 0.3 is 0 Å². The highest BCUT2D eigenvalue weighted by molar-refractivity contribution is 5.95. The van der Waals surface area contributed by atoms with Crippen molar-refractivity contribution in [1.82, 2.24) is 10.3 Å². The molecule has 1 heterocycles. The number of pyridine rings is 1. The van der Waals surface area contributed by atoms with E-state index in [2.05, 4.69) is 16.4 Å². The quantitative estimate of drug-likeness (QED) is 0.932. The minimum absolute atomic E-state index is 0.125. The second kappa shape index (κ2) is 7.26. The Kier molecular flexibility index (Phi) is 5.13. The van der Waals surface area contributed by atoms with Crippen LogP contribution >= 0.6 is 0 Å². The monoisotopic (exact) mass is 320 g/mol. The molecule has 0 atom stereocenters. The van der Waals surface area contributed by atoms with E-state index in [4.69, 9.17) is 15.3 Å². The molecule has 1 aromatic heterocycles. The third-order valence-corrected chi connectivity index (χ3v) is 3.67. The lowest BCUT2D eigenvalue weighted by molar-refractivity contribution is 0.0942. The van der Waals surface area contributed by atoms with E-state index in [0.717, 1.165) is 16.7 Å². The highest BCUT2D eigenvalue weighted by Gasteiger charge is 2.15. The van der Waals surface area contributed by atoms with E-state index in [1.807, 2.05) is 19.9 Å². The van der Waals surface area contributed by atoms with Gasteiger partial charge in [0.15, 0.2) is 11.4 Å². The van der Waals surface area contributed by atoms with Gasteiger partial charge in [0.2, 0.25) is 0 Å². The smallest absolute Gasteiger partial charge is 0.274 e. The number of nitrogens with one attached hydrogen (secondary N) is 1. The summed E-state index contributed by atoms with van der Waals surface area (Å²) in [6, 6.07) is 9.11. The van der Waals surface area contributed by atoms with Crippen molar-refractivity contribution in [3.05, 3.63) is 57.9 Å². The Morgan fingerprint density at radius 1 is 1.17 bits per heavy atom. The zero-order chi connectivity index (χ0) is 17.7. The van der Waals surface area contributed by atoms with Crippen LogP contribution in [-0.2, 0) is 6.54 Å². The van der Waals surface area contributed by atoms with E-state index in [1.165, 1.54) is 19.4 Å². The first-order valence-corrected chi connectivity index (χ1v) is 7.22. The molecule has 0 bridgehead atoms. The molecule has 0 spiro atoms. The summed E-state index contributed by atoms with van der Waals surface area (Å²) in [5.41, 5.74) is 3.87. The van der Waals surface area contributed by atoms with Crippen LogP contribution in [0.1, 0.15) is 38.3 Å². The van der Waals surface area contributed by atoms with Crippen LogP contribution in [0.5, 0.6) is 5.75 Å². The summed E-state index contributed by atoms with van der Waals surface area (Å²) in [5, 5.41) is 20.7. The van der Waals surface area contributed by atoms with Gasteiger partial charge < -0.3 is 10.1 Å². The second-order valence-corrected chi connectivity index (χ2v) is 5.27. The van der Waals surface area contributed by atoms with Crippen molar-refractivity contribution in [2.75, 3.05) is 7.11 Å². The number of ether oxygens (including phenoxy) is 1. The summed E-state index contributed by atoms with van der Waals surface area (Å²) in [5.74, 6) is -0.140. The fourth-order valence-corrected chi connectivity index (χ4v) is 2.42. The molecule has 120 valence electrons. The zero-order valence-electron chi connectivity index (χ0n) is 13.7. The van der Waals surface area contributed by atoms with Crippen molar-refractivity contribution in [1.29, 1.82) is 10.5 Å². The van der Waals surface area contributed by atoms with Crippen LogP contribution < -0.4 is 10.1 Å². The van der Waals surface area contributed by atoms with Crippen molar-refractivity contribution >= 4 is 5.91 Å². The topological polar surface area (TPSA) is 98.8 Å². The molecule has 0 saturated heterocycles. The summed E-state index contributed by atoms with van der Waals surface area (Å²) in [6.07, 6.45) is 1.33. The number of hydrogen-bond acceptors (Lipinski definition) is 5. The number of nitriles is 2. The average Bonchev–Trinajstić information content (AvgIpc) is 2.59. The van der Waals surface area contributed by atoms with E-state index >= 15 is 0 Å². The first-order valence-electron chi connectivity index (χ1n) is 7.22. The molecular weight excluding hydrogens is 304 g/mol. The summed E-state index contributed by atoms with van der Waals surface area (Å²) < 4.78 is 5.13. The average molecular weight is 320 g/mol. The van der Waals surface area contributed by atoms with Gasteiger partial charge in [-0.25, -0.2) is 4.98 Å². The third kappa shape index (κ3) is 3.50. The molecule has 0 aliphatic rings. The molecule has 0 saturated carbocycles. The van der Waals surface area contributed by atoms with Crippen LogP contribution in [0.3, 0.4) is 0 Å². The van der Waals surface area contributed by atoms with Crippen molar-refractivity contribution < 1.29 is 9.53 Å². The second-order valence-electron chi connectivity index (χ2n) is 5.27. The Hall–Kier alpha value is -3.38. The van der Waals surface area contributed by atoms with Crippen LogP contribution in [0, 0.1) is 36.5 Å². The molecule has 6 heteroatoms. The predicted octanol–water partition coefficient (Wildman–Crippen LogP) is 2.38. The molecular formula is C18H16N4O2. The van der Waals surface area contributed by atoms with Gasteiger partial charge in [0.25, 0.3) is 5.91 Å². The standard InChI is InChI=1S/C18H16N4O2/c1-11-4-13(7-19)5-12(2)15(11)10-22-18(23)17-16(24-3)6-14(8-20)9-21-17/h4-6,9H,10H2,1-3H3,(H,22,23). The number of nitrogens with zero attached hydrogens (tertiary/aromatic N) is 3. The molecule has 0 unspecified atom stereocenters. The van der Waals surface area contributed by atoms with Gasteiger partial charge in [-0.2, -0.15) is 10.5 Å². The highest BCUT2D eigenvalue weighted by atomic mass is 16.5. The van der Waals surface area contributed by atoms with Gasteiger partial charge in [0.1, 0.15) is 6.07 Å². The largest absolute Gasteiger partial charge is 0.494 e. The van der Waals surface area contributed by atoms with Gasteiger partial charge in [-0.05, 0) is 42.7 Å². The number of methoxy groups -OCH3 is 1. The van der Waals surface area contributed by atoms with E-state index in [0.29, 0.717) is 17.7 Å². The molecule has 0 radical (unpaired) electrons. The number of amides is 1. The van der Waals surface area contributed by atoms with E-state index < -0.39 is 0 Å². The van der Waals surface area contributed by atoms with Gasteiger partial charge in [0, 0.05) is 18.8 Å². The molecule has 24 heavy (non-hydrogen) atoms. The van der Waals surface area contributed by atoms with Gasteiger partial charge in [0.05, 0.1) is 24.3 Å². The van der Waals surface area contributed by atoms with Crippen molar-refractivity contribution in [3.8, 4) is 17.9 Å². The number of carbonyl (C=O) groups is 1. The number of hydrogen-bond donors (Lipinski definition) is 1. The zero-order valence-corrected chi connectivity index (χ0v) is 13.7. The van der Waals surface area contributed by atoms with Gasteiger partial charge in [-0.3, -0.25) is 4.79 Å². The van der Waals surface area contributed by atoms with Crippen LogP contribution in [0.25, 0.3) is 0 Å². The number of carbonyl (C=O) groups excluding carboxylic acids is 1. The van der Waals surface area contributed by atoms with Gasteiger partial charge in [-0.15, -0.1) is 0 Å². The molecule has 0 aliphatic heterocycles. The first-order chi connectivity index (χ1) is 11.5. The van der Waals surface area contributed by atoms with Crippen LogP contribution in [-0.4, -0.2) is 18.0 Å². The Labute approximate surface area is 140 Å². The third-order valence-electron chi connectivity index (χ3n) is 3.67.